The van der Waals surface area contributed by atoms with Crippen LogP contribution in [-0.4, -0.2) is 43.8 Å². The largest absolute Gasteiger partial charge is 0.379 e. The molecule has 0 amide bonds. The summed E-state index contributed by atoms with van der Waals surface area (Å²) in [5, 5.41) is 3.61. The van der Waals surface area contributed by atoms with Gasteiger partial charge in [-0.05, 0) is 24.6 Å². The summed E-state index contributed by atoms with van der Waals surface area (Å²) in [5.74, 6) is -0.369. The molecule has 3 nitrogen and oxygen atoms in total. The molecule has 1 aliphatic rings. The molecule has 1 aromatic rings. The number of halogens is 2. The van der Waals surface area contributed by atoms with Gasteiger partial charge in [0.05, 0.1) is 18.2 Å². The molecule has 2 rings (SSSR count). The van der Waals surface area contributed by atoms with Gasteiger partial charge in [-0.15, -0.1) is 0 Å². The number of ether oxygens (including phenoxy) is 1. The van der Waals surface area contributed by atoms with E-state index in [9.17, 15) is 4.39 Å². The quantitative estimate of drug-likeness (QED) is 0.899. The summed E-state index contributed by atoms with van der Waals surface area (Å²) < 4.78 is 18.4. The smallest absolute Gasteiger partial charge is 0.141 e. The Morgan fingerprint density at radius 1 is 1.42 bits per heavy atom. The van der Waals surface area contributed by atoms with Crippen molar-refractivity contribution in [1.82, 2.24) is 10.2 Å². The Kier molecular flexibility index (Phi) is 5.58. The Bertz CT molecular complexity index is 410. The second-order valence-electron chi connectivity index (χ2n) is 4.94. The standard InChI is InChI=1S/C14H20ClFN2O/c1-11(10-18-4-6-19-7-5-18)17-9-12-2-3-14(16)13(15)8-12/h2-3,8,11,17H,4-7,9-10H2,1H3. The second kappa shape index (κ2) is 7.20. The summed E-state index contributed by atoms with van der Waals surface area (Å²) in [6.07, 6.45) is 0. The number of benzene rings is 1. The molecule has 19 heavy (non-hydrogen) atoms. The molecule has 1 N–H and O–H groups in total. The molecule has 1 heterocycles. The summed E-state index contributed by atoms with van der Waals surface area (Å²) in [5.41, 5.74) is 1.00. The molecule has 1 atom stereocenters. The third-order valence-electron chi connectivity index (χ3n) is 3.27. The van der Waals surface area contributed by atoms with Gasteiger partial charge in [-0.25, -0.2) is 4.39 Å². The summed E-state index contributed by atoms with van der Waals surface area (Å²) in [7, 11) is 0. The van der Waals surface area contributed by atoms with Gasteiger partial charge in [-0.2, -0.15) is 0 Å². The minimum atomic E-state index is -0.369. The van der Waals surface area contributed by atoms with Gasteiger partial charge in [-0.3, -0.25) is 4.90 Å². The highest BCUT2D eigenvalue weighted by atomic mass is 35.5. The van der Waals surface area contributed by atoms with Crippen molar-refractivity contribution in [2.24, 2.45) is 0 Å². The van der Waals surface area contributed by atoms with Crippen molar-refractivity contribution in [3.05, 3.63) is 34.6 Å². The van der Waals surface area contributed by atoms with E-state index in [1.165, 1.54) is 6.07 Å². The van der Waals surface area contributed by atoms with Crippen molar-refractivity contribution in [2.75, 3.05) is 32.8 Å². The van der Waals surface area contributed by atoms with Gasteiger partial charge in [0.2, 0.25) is 0 Å². The van der Waals surface area contributed by atoms with Crippen molar-refractivity contribution in [1.29, 1.82) is 0 Å². The van der Waals surface area contributed by atoms with Crippen LogP contribution in [0.25, 0.3) is 0 Å². The van der Waals surface area contributed by atoms with E-state index < -0.39 is 0 Å². The van der Waals surface area contributed by atoms with E-state index in [1.54, 1.807) is 12.1 Å². The molecule has 1 fully saturated rings. The van der Waals surface area contributed by atoms with Gasteiger partial charge in [-0.1, -0.05) is 17.7 Å². The minimum absolute atomic E-state index is 0.181. The Balaban J connectivity index is 1.75. The Morgan fingerprint density at radius 3 is 2.84 bits per heavy atom. The number of rotatable bonds is 5. The fourth-order valence-electron chi connectivity index (χ4n) is 2.18. The predicted octanol–water partition coefficient (Wildman–Crippen LogP) is 2.29. The van der Waals surface area contributed by atoms with Gasteiger partial charge in [0, 0.05) is 32.2 Å². The minimum Gasteiger partial charge on any atom is -0.379 e. The van der Waals surface area contributed by atoms with E-state index in [4.69, 9.17) is 16.3 Å². The van der Waals surface area contributed by atoms with Gasteiger partial charge in [0.15, 0.2) is 0 Å². The highest BCUT2D eigenvalue weighted by molar-refractivity contribution is 6.30. The fourth-order valence-corrected chi connectivity index (χ4v) is 2.38. The van der Waals surface area contributed by atoms with E-state index in [-0.39, 0.29) is 10.8 Å². The molecule has 0 spiro atoms. The molecule has 1 aliphatic heterocycles. The van der Waals surface area contributed by atoms with Crippen LogP contribution < -0.4 is 5.32 Å². The van der Waals surface area contributed by atoms with Crippen LogP contribution in [0.4, 0.5) is 4.39 Å². The maximum absolute atomic E-state index is 13.0. The molecule has 1 unspecified atom stereocenters. The maximum atomic E-state index is 13.0. The fraction of sp³-hybridized carbons (Fsp3) is 0.571. The first-order valence-electron chi connectivity index (χ1n) is 6.62. The normalized spacial score (nSPS) is 18.5. The molecular weight excluding hydrogens is 267 g/mol. The van der Waals surface area contributed by atoms with E-state index in [2.05, 4.69) is 17.1 Å². The van der Waals surface area contributed by atoms with Gasteiger partial charge in [0.25, 0.3) is 0 Å². The van der Waals surface area contributed by atoms with Gasteiger partial charge >= 0.3 is 0 Å². The average Bonchev–Trinajstić information content (AvgIpc) is 2.41. The van der Waals surface area contributed by atoms with Crippen molar-refractivity contribution in [3.63, 3.8) is 0 Å². The number of hydrogen-bond acceptors (Lipinski definition) is 3. The molecule has 106 valence electrons. The van der Waals surface area contributed by atoms with Crippen molar-refractivity contribution in [2.45, 2.75) is 19.5 Å². The molecule has 1 saturated heterocycles. The highest BCUT2D eigenvalue weighted by Crippen LogP contribution is 2.15. The first-order chi connectivity index (χ1) is 9.15. The number of morpholine rings is 1. The average molecular weight is 287 g/mol. The van der Waals surface area contributed by atoms with E-state index in [1.807, 2.05) is 0 Å². The van der Waals surface area contributed by atoms with Crippen LogP contribution in [0.1, 0.15) is 12.5 Å². The lowest BCUT2D eigenvalue weighted by molar-refractivity contribution is 0.0343. The molecule has 0 aliphatic carbocycles. The predicted molar refractivity (Wildman–Crippen MR) is 75.0 cm³/mol. The second-order valence-corrected chi connectivity index (χ2v) is 5.35. The van der Waals surface area contributed by atoms with E-state index >= 15 is 0 Å². The molecule has 0 aromatic heterocycles. The Morgan fingerprint density at radius 2 is 2.16 bits per heavy atom. The summed E-state index contributed by atoms with van der Waals surface area (Å²) in [4.78, 5) is 2.39. The Labute approximate surface area is 118 Å². The lowest BCUT2D eigenvalue weighted by Gasteiger charge is -2.29. The van der Waals surface area contributed by atoms with Gasteiger partial charge in [0.1, 0.15) is 5.82 Å². The molecule has 5 heteroatoms. The maximum Gasteiger partial charge on any atom is 0.141 e. The first kappa shape index (κ1) is 14.7. The van der Waals surface area contributed by atoms with Crippen LogP contribution in [-0.2, 0) is 11.3 Å². The van der Waals surface area contributed by atoms with Crippen LogP contribution in [0.3, 0.4) is 0 Å². The van der Waals surface area contributed by atoms with Crippen LogP contribution in [0.2, 0.25) is 5.02 Å². The topological polar surface area (TPSA) is 24.5 Å². The molecular formula is C14H20ClFN2O. The zero-order valence-corrected chi connectivity index (χ0v) is 11.9. The van der Waals surface area contributed by atoms with Crippen molar-refractivity contribution >= 4 is 11.6 Å². The summed E-state index contributed by atoms with van der Waals surface area (Å²) in [6.45, 7) is 7.48. The van der Waals surface area contributed by atoms with Crippen molar-refractivity contribution in [3.8, 4) is 0 Å². The van der Waals surface area contributed by atoms with Crippen LogP contribution in [0.5, 0.6) is 0 Å². The van der Waals surface area contributed by atoms with E-state index in [0.717, 1.165) is 38.4 Å². The molecule has 1 aromatic carbocycles. The Hall–Kier alpha value is -0.680. The van der Waals surface area contributed by atoms with Crippen LogP contribution in [0.15, 0.2) is 18.2 Å². The number of nitrogens with zero attached hydrogens (tertiary/aromatic N) is 1. The van der Waals surface area contributed by atoms with Gasteiger partial charge < -0.3 is 10.1 Å². The SMILES string of the molecule is CC(CN1CCOCC1)NCc1ccc(F)c(Cl)c1. The highest BCUT2D eigenvalue weighted by Gasteiger charge is 2.13. The number of hydrogen-bond donors (Lipinski definition) is 1. The molecule has 0 radical (unpaired) electrons. The summed E-state index contributed by atoms with van der Waals surface area (Å²) >= 11 is 5.76. The monoisotopic (exact) mass is 286 g/mol. The third kappa shape index (κ3) is 4.73. The molecule has 0 saturated carbocycles. The van der Waals surface area contributed by atoms with Crippen LogP contribution >= 0.6 is 11.6 Å². The molecule has 0 bridgehead atoms. The third-order valence-corrected chi connectivity index (χ3v) is 3.56. The lowest BCUT2D eigenvalue weighted by atomic mass is 10.2. The van der Waals surface area contributed by atoms with E-state index in [0.29, 0.717) is 12.6 Å². The van der Waals surface area contributed by atoms with Crippen molar-refractivity contribution < 1.29 is 9.13 Å². The number of nitrogens with one attached hydrogen (secondary N) is 1. The van der Waals surface area contributed by atoms with Crippen LogP contribution in [0, 0.1) is 5.82 Å². The lowest BCUT2D eigenvalue weighted by Crippen LogP contribution is -2.44. The summed E-state index contributed by atoms with van der Waals surface area (Å²) in [6, 6.07) is 5.22. The zero-order valence-electron chi connectivity index (χ0n) is 11.2. The zero-order chi connectivity index (χ0) is 13.7. The first-order valence-corrected chi connectivity index (χ1v) is 7.00.